The maximum Gasteiger partial charge on any atom is 0.248 e. The van der Waals surface area contributed by atoms with Crippen LogP contribution in [-0.2, 0) is 12.1 Å². The molecule has 0 aliphatic carbocycles. The zero-order valence-electron chi connectivity index (χ0n) is 16.3. The number of aliphatic imine (C=N–C) groups is 3. The normalized spacial score (nSPS) is 26.8. The Morgan fingerprint density at radius 3 is 2.77 bits per heavy atom. The summed E-state index contributed by atoms with van der Waals surface area (Å²) in [7, 11) is 0. The Morgan fingerprint density at radius 2 is 2.07 bits per heavy atom. The highest BCUT2D eigenvalue weighted by atomic mass is 35.5. The lowest BCUT2D eigenvalue weighted by atomic mass is 9.79. The molecule has 0 bridgehead atoms. The molecule has 1 saturated heterocycles. The van der Waals surface area contributed by atoms with E-state index in [0.717, 1.165) is 31.4 Å². The second kappa shape index (κ2) is 7.42. The number of hydrazine groups is 1. The Bertz CT molecular complexity index is 1010. The van der Waals surface area contributed by atoms with Gasteiger partial charge in [-0.15, -0.1) is 0 Å². The number of guanidine groups is 3. The van der Waals surface area contributed by atoms with Gasteiger partial charge in [-0.1, -0.05) is 23.7 Å². The van der Waals surface area contributed by atoms with Crippen LogP contribution < -0.4 is 22.2 Å². The first-order chi connectivity index (χ1) is 14.5. The molecule has 1 fully saturated rings. The van der Waals surface area contributed by atoms with Crippen LogP contribution in [0.15, 0.2) is 62.1 Å². The van der Waals surface area contributed by atoms with Gasteiger partial charge >= 0.3 is 0 Å². The molecule has 30 heavy (non-hydrogen) atoms. The van der Waals surface area contributed by atoms with Crippen molar-refractivity contribution in [2.24, 2.45) is 32.4 Å². The van der Waals surface area contributed by atoms with Gasteiger partial charge in [-0.25, -0.2) is 10.0 Å². The average molecular weight is 427 g/mol. The van der Waals surface area contributed by atoms with Gasteiger partial charge in [0.25, 0.3) is 0 Å². The molecule has 3 aliphatic rings. The largest absolute Gasteiger partial charge is 0.465 e. The van der Waals surface area contributed by atoms with Crippen LogP contribution in [0.25, 0.3) is 0 Å². The summed E-state index contributed by atoms with van der Waals surface area (Å²) >= 11 is 6.10. The molecule has 6 N–H and O–H groups in total. The van der Waals surface area contributed by atoms with Crippen molar-refractivity contribution in [2.45, 2.75) is 31.0 Å². The maximum atomic E-state index is 6.12. The topological polar surface area (TPSA) is 130 Å². The Balaban J connectivity index is 1.61. The molecule has 4 heterocycles. The molecule has 3 unspecified atom stereocenters. The van der Waals surface area contributed by atoms with Crippen LogP contribution in [0.3, 0.4) is 0 Å². The van der Waals surface area contributed by atoms with Crippen molar-refractivity contribution in [3.63, 3.8) is 0 Å². The Kier molecular flexibility index (Phi) is 4.73. The van der Waals surface area contributed by atoms with Gasteiger partial charge in [0, 0.05) is 17.0 Å². The number of benzene rings is 1. The smallest absolute Gasteiger partial charge is 0.248 e. The van der Waals surface area contributed by atoms with Gasteiger partial charge in [-0.05, 0) is 55.6 Å². The van der Waals surface area contributed by atoms with Crippen molar-refractivity contribution in [2.75, 3.05) is 6.54 Å². The Hall–Kier alpha value is -2.88. The number of hydrogen-bond donors (Lipinski definition) is 4. The molecular formula is C20H23ClN8O. The van der Waals surface area contributed by atoms with E-state index in [-0.39, 0.29) is 23.9 Å². The summed E-state index contributed by atoms with van der Waals surface area (Å²) in [6, 6.07) is 11.9. The van der Waals surface area contributed by atoms with Gasteiger partial charge in [0.2, 0.25) is 17.9 Å². The summed E-state index contributed by atoms with van der Waals surface area (Å²) in [6.07, 6.45) is 4.52. The fraction of sp³-hybridized carbons (Fsp3) is 0.350. The van der Waals surface area contributed by atoms with Crippen molar-refractivity contribution in [3.05, 3.63) is 59.0 Å². The molecule has 3 atom stereocenters. The highest BCUT2D eigenvalue weighted by Crippen LogP contribution is 2.42. The molecule has 3 aliphatic heterocycles. The van der Waals surface area contributed by atoms with E-state index in [1.165, 1.54) is 0 Å². The van der Waals surface area contributed by atoms with Crippen LogP contribution in [0.2, 0.25) is 5.02 Å². The molecule has 2 aromatic rings. The lowest BCUT2D eigenvalue weighted by Crippen LogP contribution is -2.58. The molecule has 10 heteroatoms. The van der Waals surface area contributed by atoms with Crippen LogP contribution in [0.5, 0.6) is 0 Å². The molecule has 0 amide bonds. The van der Waals surface area contributed by atoms with E-state index < -0.39 is 5.66 Å². The predicted octanol–water partition coefficient (Wildman–Crippen LogP) is 1.52. The van der Waals surface area contributed by atoms with Crippen LogP contribution in [0, 0.1) is 5.92 Å². The van der Waals surface area contributed by atoms with Crippen molar-refractivity contribution in [1.29, 1.82) is 0 Å². The summed E-state index contributed by atoms with van der Waals surface area (Å²) in [6.45, 7) is 0.963. The number of nitrogens with one attached hydrogen (secondary N) is 2. The number of rotatable bonds is 5. The number of nitrogens with zero attached hydrogens (tertiary/aromatic N) is 4. The van der Waals surface area contributed by atoms with Gasteiger partial charge in [0.1, 0.15) is 5.76 Å². The standard InChI is InChI=1S/C20H23ClN8O/c21-13-7-5-12(6-8-13)11-14(15-3-1-9-24-15)20(16-4-2-10-30-16)27-19-26-17(22)25-18(23)29(19)28-20/h2,4-8,10,14-15,24,28H,1,3,9,11H2,(H4,22,23,25,26,27). The SMILES string of the molecule is NC1=NC2=NC(c3ccco3)(C(Cc3ccc(Cl)cc3)C3CCCN3)NN2C(N)=N1. The molecule has 156 valence electrons. The first kappa shape index (κ1) is 19.1. The molecule has 9 nitrogen and oxygen atoms in total. The number of nitrogens with two attached hydrogens (primary N) is 2. The second-order valence-corrected chi connectivity index (χ2v) is 8.12. The van der Waals surface area contributed by atoms with E-state index in [9.17, 15) is 0 Å². The average Bonchev–Trinajstić information content (AvgIpc) is 3.48. The van der Waals surface area contributed by atoms with Gasteiger partial charge in [-0.2, -0.15) is 15.4 Å². The molecular weight excluding hydrogens is 404 g/mol. The second-order valence-electron chi connectivity index (χ2n) is 7.68. The fourth-order valence-electron chi connectivity index (χ4n) is 4.45. The third kappa shape index (κ3) is 3.24. The predicted molar refractivity (Wildman–Crippen MR) is 116 cm³/mol. The van der Waals surface area contributed by atoms with Gasteiger partial charge < -0.3 is 21.2 Å². The van der Waals surface area contributed by atoms with E-state index in [1.54, 1.807) is 11.3 Å². The monoisotopic (exact) mass is 426 g/mol. The summed E-state index contributed by atoms with van der Waals surface area (Å²) in [4.78, 5) is 13.3. The van der Waals surface area contributed by atoms with Crippen LogP contribution >= 0.6 is 11.6 Å². The van der Waals surface area contributed by atoms with Crippen LogP contribution in [0.4, 0.5) is 0 Å². The number of halogens is 1. The quantitative estimate of drug-likeness (QED) is 0.573. The van der Waals surface area contributed by atoms with Crippen molar-refractivity contribution >= 4 is 29.5 Å². The van der Waals surface area contributed by atoms with Crippen LogP contribution in [0.1, 0.15) is 24.2 Å². The van der Waals surface area contributed by atoms with Crippen molar-refractivity contribution < 1.29 is 4.42 Å². The lowest BCUT2D eigenvalue weighted by Gasteiger charge is -2.38. The first-order valence-electron chi connectivity index (χ1n) is 9.93. The number of furan rings is 1. The third-order valence-electron chi connectivity index (χ3n) is 5.82. The number of hydrogen-bond acceptors (Lipinski definition) is 9. The summed E-state index contributed by atoms with van der Waals surface area (Å²) in [5, 5.41) is 5.92. The minimum absolute atomic E-state index is 0.00495. The molecule has 5 rings (SSSR count). The van der Waals surface area contributed by atoms with E-state index >= 15 is 0 Å². The minimum atomic E-state index is -0.922. The molecule has 0 spiro atoms. The zero-order chi connectivity index (χ0) is 20.7. The molecule has 1 aromatic carbocycles. The summed E-state index contributed by atoms with van der Waals surface area (Å²) in [5.74, 6) is 1.32. The highest BCUT2D eigenvalue weighted by molar-refractivity contribution is 6.30. The zero-order valence-corrected chi connectivity index (χ0v) is 17.0. The van der Waals surface area contributed by atoms with Gasteiger partial charge in [-0.3, -0.25) is 0 Å². The van der Waals surface area contributed by atoms with Crippen molar-refractivity contribution in [1.82, 2.24) is 15.8 Å². The van der Waals surface area contributed by atoms with E-state index in [4.69, 9.17) is 32.5 Å². The fourth-order valence-corrected chi connectivity index (χ4v) is 4.57. The van der Waals surface area contributed by atoms with E-state index in [1.807, 2.05) is 36.4 Å². The molecule has 0 saturated carbocycles. The Morgan fingerprint density at radius 1 is 1.23 bits per heavy atom. The molecule has 1 aromatic heterocycles. The first-order valence-corrected chi connectivity index (χ1v) is 10.3. The lowest BCUT2D eigenvalue weighted by molar-refractivity contribution is 0.123. The highest BCUT2D eigenvalue weighted by Gasteiger charge is 2.53. The van der Waals surface area contributed by atoms with E-state index in [0.29, 0.717) is 16.7 Å². The Labute approximate surface area is 178 Å². The van der Waals surface area contributed by atoms with E-state index in [2.05, 4.69) is 20.7 Å². The summed E-state index contributed by atoms with van der Waals surface area (Å²) in [5.41, 5.74) is 15.6. The van der Waals surface area contributed by atoms with Crippen LogP contribution in [-0.4, -0.2) is 35.5 Å². The van der Waals surface area contributed by atoms with Gasteiger partial charge in [0.15, 0.2) is 5.66 Å². The third-order valence-corrected chi connectivity index (χ3v) is 6.07. The minimum Gasteiger partial charge on any atom is -0.465 e. The maximum absolute atomic E-state index is 6.12. The van der Waals surface area contributed by atoms with Crippen molar-refractivity contribution in [3.8, 4) is 0 Å². The van der Waals surface area contributed by atoms with Gasteiger partial charge in [0.05, 0.1) is 6.26 Å². The molecule has 0 radical (unpaired) electrons. The summed E-state index contributed by atoms with van der Waals surface area (Å²) < 4.78 is 5.88. The number of fused-ring (bicyclic) bond motifs is 1.